The van der Waals surface area contributed by atoms with Crippen LogP contribution in [0.1, 0.15) is 43.6 Å². The Hall–Kier alpha value is -3.63. The van der Waals surface area contributed by atoms with E-state index in [4.69, 9.17) is 4.74 Å². The average Bonchev–Trinajstić information content (AvgIpc) is 2.77. The van der Waals surface area contributed by atoms with Crippen molar-refractivity contribution in [2.75, 3.05) is 11.9 Å². The Labute approximate surface area is 207 Å². The van der Waals surface area contributed by atoms with Crippen LogP contribution in [0, 0.1) is 0 Å². The molecule has 1 heterocycles. The third-order valence-corrected chi connectivity index (χ3v) is 5.12. The fourth-order valence-electron chi connectivity index (χ4n) is 3.45. The number of hydrogen-bond acceptors (Lipinski definition) is 6. The number of ether oxygens (including phenoxy) is 1. The standard InChI is InChI=1S/C26H29F2N3O5/c1-25(2,34)15-31-13-19(24(33)29-17-11-9-16(10-12-17)26(3,4)35)23(32)22(30-31)18-7-5-6-8-20(18)36-14-21(27)28/h5-13,21,34-35H,14-15H2,1-4H3,(H,29,33). The van der Waals surface area contributed by atoms with Crippen molar-refractivity contribution >= 4 is 11.6 Å². The lowest BCUT2D eigenvalue weighted by molar-refractivity contribution is 0.0570. The molecular weight excluding hydrogens is 472 g/mol. The van der Waals surface area contributed by atoms with Crippen molar-refractivity contribution in [3.8, 4) is 17.0 Å². The number of amides is 1. The van der Waals surface area contributed by atoms with Gasteiger partial charge in [0.15, 0.2) is 0 Å². The van der Waals surface area contributed by atoms with Crippen LogP contribution in [-0.4, -0.2) is 44.5 Å². The number of aliphatic hydroxyl groups is 2. The van der Waals surface area contributed by atoms with Crippen LogP contribution in [-0.2, 0) is 12.1 Å². The molecule has 1 aromatic heterocycles. The van der Waals surface area contributed by atoms with E-state index >= 15 is 0 Å². The smallest absolute Gasteiger partial charge is 0.272 e. The van der Waals surface area contributed by atoms with Crippen molar-refractivity contribution in [3.63, 3.8) is 0 Å². The maximum absolute atomic E-state index is 13.4. The van der Waals surface area contributed by atoms with E-state index in [-0.39, 0.29) is 29.1 Å². The molecule has 0 atom stereocenters. The number of anilines is 1. The summed E-state index contributed by atoms with van der Waals surface area (Å²) in [6.07, 6.45) is -1.50. The molecular formula is C26H29F2N3O5. The van der Waals surface area contributed by atoms with Gasteiger partial charge < -0.3 is 20.3 Å². The first-order valence-corrected chi connectivity index (χ1v) is 11.2. The first-order chi connectivity index (χ1) is 16.7. The molecule has 0 radical (unpaired) electrons. The first-order valence-electron chi connectivity index (χ1n) is 11.2. The monoisotopic (exact) mass is 501 g/mol. The van der Waals surface area contributed by atoms with Gasteiger partial charge in [-0.15, -0.1) is 0 Å². The quantitative estimate of drug-likeness (QED) is 0.411. The molecule has 0 fully saturated rings. The second-order valence-electron chi connectivity index (χ2n) is 9.52. The maximum Gasteiger partial charge on any atom is 0.272 e. The summed E-state index contributed by atoms with van der Waals surface area (Å²) in [6.45, 7) is 5.41. The summed E-state index contributed by atoms with van der Waals surface area (Å²) in [5.74, 6) is -0.716. The molecule has 0 saturated carbocycles. The van der Waals surface area contributed by atoms with Gasteiger partial charge in [-0.05, 0) is 57.5 Å². The lowest BCUT2D eigenvalue weighted by Gasteiger charge is -2.20. The van der Waals surface area contributed by atoms with E-state index in [0.29, 0.717) is 11.3 Å². The van der Waals surface area contributed by atoms with Gasteiger partial charge in [0.05, 0.1) is 17.7 Å². The SMILES string of the molecule is CC(C)(O)Cn1cc(C(=O)Nc2ccc(C(C)(C)O)cc2)c(=O)c(-c2ccccc2OCC(F)F)n1. The predicted molar refractivity (Wildman–Crippen MR) is 131 cm³/mol. The van der Waals surface area contributed by atoms with E-state index in [1.165, 1.54) is 36.9 Å². The number of nitrogens with one attached hydrogen (secondary N) is 1. The molecule has 36 heavy (non-hydrogen) atoms. The minimum absolute atomic E-state index is 0.0111. The van der Waals surface area contributed by atoms with Crippen molar-refractivity contribution < 1.29 is 28.5 Å². The van der Waals surface area contributed by atoms with Crippen molar-refractivity contribution in [2.45, 2.75) is 51.9 Å². The average molecular weight is 502 g/mol. The van der Waals surface area contributed by atoms with Crippen LogP contribution in [0.2, 0.25) is 0 Å². The molecule has 0 saturated heterocycles. The highest BCUT2D eigenvalue weighted by Gasteiger charge is 2.23. The second kappa shape index (κ2) is 10.5. The lowest BCUT2D eigenvalue weighted by atomic mass is 9.98. The molecule has 0 unspecified atom stereocenters. The largest absolute Gasteiger partial charge is 0.487 e. The van der Waals surface area contributed by atoms with Gasteiger partial charge in [-0.1, -0.05) is 24.3 Å². The molecule has 0 bridgehead atoms. The zero-order valence-electron chi connectivity index (χ0n) is 20.5. The number of rotatable bonds is 9. The van der Waals surface area contributed by atoms with Crippen LogP contribution in [0.25, 0.3) is 11.3 Å². The van der Waals surface area contributed by atoms with Crippen molar-refractivity contribution in [1.29, 1.82) is 0 Å². The Morgan fingerprint density at radius 2 is 1.72 bits per heavy atom. The summed E-state index contributed by atoms with van der Waals surface area (Å²) in [5, 5.41) is 27.3. The van der Waals surface area contributed by atoms with Gasteiger partial charge in [-0.25, -0.2) is 8.78 Å². The van der Waals surface area contributed by atoms with Crippen LogP contribution < -0.4 is 15.5 Å². The van der Waals surface area contributed by atoms with Crippen LogP contribution in [0.15, 0.2) is 59.5 Å². The molecule has 0 aliphatic carbocycles. The zero-order valence-corrected chi connectivity index (χ0v) is 20.5. The number of para-hydroxylation sites is 1. The molecule has 3 rings (SSSR count). The number of hydrogen-bond donors (Lipinski definition) is 3. The van der Waals surface area contributed by atoms with Crippen molar-refractivity contribution in [1.82, 2.24) is 9.78 Å². The summed E-state index contributed by atoms with van der Waals surface area (Å²) in [4.78, 5) is 26.5. The second-order valence-corrected chi connectivity index (χ2v) is 9.52. The third kappa shape index (κ3) is 6.96. The van der Waals surface area contributed by atoms with Crippen molar-refractivity contribution in [3.05, 3.63) is 76.1 Å². The zero-order chi connectivity index (χ0) is 26.7. The third-order valence-electron chi connectivity index (χ3n) is 5.12. The Morgan fingerprint density at radius 3 is 2.31 bits per heavy atom. The van der Waals surface area contributed by atoms with Gasteiger partial charge >= 0.3 is 0 Å². The van der Waals surface area contributed by atoms with Crippen LogP contribution in [0.3, 0.4) is 0 Å². The molecule has 10 heteroatoms. The van der Waals surface area contributed by atoms with Crippen molar-refractivity contribution in [2.24, 2.45) is 0 Å². The highest BCUT2D eigenvalue weighted by molar-refractivity contribution is 6.04. The Balaban J connectivity index is 2.05. The highest BCUT2D eigenvalue weighted by atomic mass is 19.3. The molecule has 0 aliphatic rings. The minimum Gasteiger partial charge on any atom is -0.487 e. The lowest BCUT2D eigenvalue weighted by Crippen LogP contribution is -2.32. The maximum atomic E-state index is 13.4. The number of carbonyl (C=O) groups excluding carboxylic acids is 1. The van der Waals surface area contributed by atoms with Gasteiger partial charge in [-0.2, -0.15) is 5.10 Å². The number of benzene rings is 2. The van der Waals surface area contributed by atoms with E-state index in [0.717, 1.165) is 0 Å². The predicted octanol–water partition coefficient (Wildman–Crippen LogP) is 3.80. The van der Waals surface area contributed by atoms with Gasteiger partial charge in [0.25, 0.3) is 12.3 Å². The molecule has 2 aromatic carbocycles. The van der Waals surface area contributed by atoms with E-state index < -0.39 is 35.6 Å². The highest BCUT2D eigenvalue weighted by Crippen LogP contribution is 2.27. The van der Waals surface area contributed by atoms with Gasteiger partial charge in [0, 0.05) is 17.4 Å². The number of alkyl halides is 2. The van der Waals surface area contributed by atoms with Gasteiger partial charge in [0.2, 0.25) is 5.43 Å². The topological polar surface area (TPSA) is 114 Å². The Morgan fingerprint density at radius 1 is 1.08 bits per heavy atom. The number of nitrogens with zero attached hydrogens (tertiary/aromatic N) is 2. The van der Waals surface area contributed by atoms with Crippen LogP contribution in [0.4, 0.5) is 14.5 Å². The van der Waals surface area contributed by atoms with Crippen LogP contribution in [0.5, 0.6) is 5.75 Å². The Kier molecular flexibility index (Phi) is 7.90. The summed E-state index contributed by atoms with van der Waals surface area (Å²) in [6, 6.07) is 12.5. The first kappa shape index (κ1) is 27.0. The fraction of sp³-hybridized carbons (Fsp3) is 0.346. The van der Waals surface area contributed by atoms with E-state index in [1.807, 2.05) is 0 Å². The normalized spacial score (nSPS) is 12.0. The fourth-order valence-corrected chi connectivity index (χ4v) is 3.45. The molecule has 0 aliphatic heterocycles. The van der Waals surface area contributed by atoms with E-state index in [1.54, 1.807) is 50.2 Å². The summed E-state index contributed by atoms with van der Waals surface area (Å²) >= 11 is 0. The molecule has 3 aromatic rings. The number of carbonyl (C=O) groups is 1. The summed E-state index contributed by atoms with van der Waals surface area (Å²) < 4.78 is 31.9. The molecule has 0 spiro atoms. The van der Waals surface area contributed by atoms with E-state index in [2.05, 4.69) is 10.4 Å². The van der Waals surface area contributed by atoms with Gasteiger partial charge in [-0.3, -0.25) is 14.3 Å². The minimum atomic E-state index is -2.72. The molecule has 8 nitrogen and oxygen atoms in total. The molecule has 192 valence electrons. The molecule has 1 amide bonds. The summed E-state index contributed by atoms with van der Waals surface area (Å²) in [5.41, 5.74) is -2.31. The molecule has 3 N–H and O–H groups in total. The Bertz CT molecular complexity index is 1280. The number of halogens is 2. The number of aromatic nitrogens is 2. The summed E-state index contributed by atoms with van der Waals surface area (Å²) in [7, 11) is 0. The van der Waals surface area contributed by atoms with Crippen LogP contribution >= 0.6 is 0 Å². The van der Waals surface area contributed by atoms with E-state index in [9.17, 15) is 28.6 Å². The van der Waals surface area contributed by atoms with Gasteiger partial charge in [0.1, 0.15) is 23.6 Å².